The number of hydrogen-bond acceptors (Lipinski definition) is 5. The van der Waals surface area contributed by atoms with Gasteiger partial charge in [-0.2, -0.15) is 0 Å². The molecular weight excluding hydrogens is 473 g/mol. The molecule has 0 unspecified atom stereocenters. The molecule has 0 atom stereocenters. The van der Waals surface area contributed by atoms with Gasteiger partial charge in [0.15, 0.2) is 5.11 Å². The van der Waals surface area contributed by atoms with E-state index >= 15 is 0 Å². The number of halogens is 2. The van der Waals surface area contributed by atoms with E-state index in [2.05, 4.69) is 16.2 Å². The number of hydrazine groups is 1. The van der Waals surface area contributed by atoms with Gasteiger partial charge in [0.1, 0.15) is 11.5 Å². The number of aromatic hydroxyl groups is 1. The third kappa shape index (κ3) is 6.46. The number of rotatable bonds is 6. The zero-order chi connectivity index (χ0) is 23.1. The lowest BCUT2D eigenvalue weighted by Crippen LogP contribution is -2.48. The molecule has 0 aliphatic carbocycles. The summed E-state index contributed by atoms with van der Waals surface area (Å²) in [5, 5.41) is 15.0. The summed E-state index contributed by atoms with van der Waals surface area (Å²) in [7, 11) is 0. The minimum absolute atomic E-state index is 0.0725. The molecule has 0 bridgehead atoms. The maximum absolute atomic E-state index is 12.4. The molecule has 0 radical (unpaired) electrons. The molecule has 0 aliphatic rings. The molecule has 4 N–H and O–H groups in total. The van der Waals surface area contributed by atoms with Crippen LogP contribution in [-0.4, -0.2) is 28.6 Å². The summed E-state index contributed by atoms with van der Waals surface area (Å²) in [6.45, 7) is 0.271. The fraction of sp³-hybridized carbons (Fsp3) is 0.136. The number of phenols is 1. The first kappa shape index (κ1) is 23.6. The van der Waals surface area contributed by atoms with E-state index in [9.17, 15) is 14.7 Å². The Labute approximate surface area is 199 Å². The summed E-state index contributed by atoms with van der Waals surface area (Å²) >= 11 is 16.9. The van der Waals surface area contributed by atoms with E-state index < -0.39 is 5.91 Å². The average Bonchev–Trinajstić information content (AvgIpc) is 2.75. The lowest BCUT2D eigenvalue weighted by atomic mass is 10.1. The van der Waals surface area contributed by atoms with Crippen LogP contribution < -0.4 is 20.9 Å². The molecule has 0 aliphatic heterocycles. The number of carbonyl (C=O) groups is 2. The molecule has 0 saturated heterocycles. The Hall–Kier alpha value is -3.07. The van der Waals surface area contributed by atoms with E-state index in [1.807, 2.05) is 24.3 Å². The molecule has 166 valence electrons. The van der Waals surface area contributed by atoms with Crippen molar-refractivity contribution < 1.29 is 19.4 Å². The Balaban J connectivity index is 1.41. The first-order chi connectivity index (χ1) is 15.3. The second kappa shape index (κ2) is 11.0. The van der Waals surface area contributed by atoms with Crippen LogP contribution in [0.15, 0.2) is 54.6 Å². The molecular formula is C22H19Cl2N3O4S. The Bertz CT molecular complexity index is 1170. The van der Waals surface area contributed by atoms with Gasteiger partial charge in [-0.05, 0) is 59.7 Å². The van der Waals surface area contributed by atoms with Gasteiger partial charge in [0.2, 0.25) is 5.91 Å². The van der Waals surface area contributed by atoms with Gasteiger partial charge in [0, 0.05) is 11.4 Å². The summed E-state index contributed by atoms with van der Waals surface area (Å²) in [5.41, 5.74) is 4.87. The van der Waals surface area contributed by atoms with Crippen LogP contribution in [0.3, 0.4) is 0 Å². The van der Waals surface area contributed by atoms with Gasteiger partial charge in [0.25, 0.3) is 5.91 Å². The highest BCUT2D eigenvalue weighted by Crippen LogP contribution is 2.27. The number of thiocarbonyl (C=S) groups is 1. The molecule has 3 rings (SSSR count). The minimum atomic E-state index is -0.599. The fourth-order valence-electron chi connectivity index (χ4n) is 2.82. The van der Waals surface area contributed by atoms with Gasteiger partial charge >= 0.3 is 0 Å². The second-order valence-corrected chi connectivity index (χ2v) is 7.95. The van der Waals surface area contributed by atoms with Crippen molar-refractivity contribution in [2.45, 2.75) is 12.8 Å². The Morgan fingerprint density at radius 1 is 1.00 bits per heavy atom. The maximum Gasteiger partial charge on any atom is 0.273 e. The summed E-state index contributed by atoms with van der Waals surface area (Å²) in [5.74, 6) is -0.638. The lowest BCUT2D eigenvalue weighted by Gasteiger charge is -2.12. The lowest BCUT2D eigenvalue weighted by molar-refractivity contribution is -0.119. The van der Waals surface area contributed by atoms with Crippen molar-refractivity contribution in [3.63, 3.8) is 0 Å². The highest BCUT2D eigenvalue weighted by Gasteiger charge is 2.13. The molecule has 3 aromatic rings. The topological polar surface area (TPSA) is 99.7 Å². The first-order valence-corrected chi connectivity index (χ1v) is 10.7. The van der Waals surface area contributed by atoms with Crippen molar-refractivity contribution >= 4 is 63.1 Å². The molecule has 32 heavy (non-hydrogen) atoms. The van der Waals surface area contributed by atoms with Crippen LogP contribution >= 0.6 is 35.4 Å². The number of benzene rings is 3. The summed E-state index contributed by atoms with van der Waals surface area (Å²) < 4.78 is 5.52. The predicted octanol–water partition coefficient (Wildman–Crippen LogP) is 4.35. The van der Waals surface area contributed by atoms with Gasteiger partial charge in [0.05, 0.1) is 17.2 Å². The Morgan fingerprint density at radius 3 is 2.44 bits per heavy atom. The molecule has 0 fully saturated rings. The van der Waals surface area contributed by atoms with E-state index in [0.29, 0.717) is 22.2 Å². The molecule has 3 aromatic carbocycles. The third-order valence-corrected chi connectivity index (χ3v) is 5.09. The van der Waals surface area contributed by atoms with Crippen molar-refractivity contribution in [1.29, 1.82) is 0 Å². The number of hydrogen-bond donors (Lipinski definition) is 4. The normalized spacial score (nSPS) is 10.4. The van der Waals surface area contributed by atoms with Crippen molar-refractivity contribution in [1.82, 2.24) is 16.2 Å². The van der Waals surface area contributed by atoms with Crippen molar-refractivity contribution in [2.24, 2.45) is 0 Å². The third-order valence-electron chi connectivity index (χ3n) is 4.35. The zero-order valence-corrected chi connectivity index (χ0v) is 19.0. The van der Waals surface area contributed by atoms with Gasteiger partial charge in [-0.25, -0.2) is 0 Å². The van der Waals surface area contributed by atoms with Gasteiger partial charge in [-0.1, -0.05) is 47.5 Å². The SMILES string of the molecule is O=C(CCCOc1ccc(Cl)cc1Cl)NC(=S)NNC(=O)c1cc2ccccc2cc1O. The van der Waals surface area contributed by atoms with Crippen LogP contribution in [0.25, 0.3) is 10.8 Å². The van der Waals surface area contributed by atoms with Crippen molar-refractivity contribution in [3.8, 4) is 11.5 Å². The largest absolute Gasteiger partial charge is 0.507 e. The Kier molecular flexibility index (Phi) is 8.10. The molecule has 0 saturated carbocycles. The Morgan fingerprint density at radius 2 is 1.72 bits per heavy atom. The van der Waals surface area contributed by atoms with E-state index in [1.165, 1.54) is 6.07 Å². The number of nitrogens with one attached hydrogen (secondary N) is 3. The van der Waals surface area contributed by atoms with Crippen LogP contribution in [0, 0.1) is 0 Å². The molecule has 10 heteroatoms. The number of carbonyl (C=O) groups excluding carboxylic acids is 2. The average molecular weight is 492 g/mol. The standard InChI is InChI=1S/C22H19Cl2N3O4S/c23-15-7-8-19(17(24)12-15)31-9-3-6-20(29)25-22(32)27-26-21(30)16-10-13-4-1-2-5-14(13)11-18(16)28/h1-2,4-5,7-8,10-12,28H,3,6,9H2,(H,26,30)(H2,25,27,29,32). The first-order valence-electron chi connectivity index (χ1n) is 9.53. The van der Waals surface area contributed by atoms with Crippen LogP contribution in [-0.2, 0) is 4.79 Å². The number of fused-ring (bicyclic) bond motifs is 1. The molecule has 0 aromatic heterocycles. The molecule has 0 spiro atoms. The fourth-order valence-corrected chi connectivity index (χ4v) is 3.45. The van der Waals surface area contributed by atoms with Gasteiger partial charge in [-0.3, -0.25) is 20.4 Å². The van der Waals surface area contributed by atoms with E-state index in [0.717, 1.165) is 10.8 Å². The number of phenolic OH excluding ortho intramolecular Hbond substituents is 1. The van der Waals surface area contributed by atoms with Gasteiger partial charge < -0.3 is 15.2 Å². The summed E-state index contributed by atoms with van der Waals surface area (Å²) in [4.78, 5) is 24.4. The van der Waals surface area contributed by atoms with Crippen LogP contribution in [0.2, 0.25) is 10.0 Å². The quantitative estimate of drug-likeness (QED) is 0.232. The van der Waals surface area contributed by atoms with Crippen molar-refractivity contribution in [3.05, 3.63) is 70.2 Å². The van der Waals surface area contributed by atoms with E-state index in [4.69, 9.17) is 40.2 Å². The minimum Gasteiger partial charge on any atom is -0.507 e. The number of ether oxygens (including phenoxy) is 1. The smallest absolute Gasteiger partial charge is 0.273 e. The van der Waals surface area contributed by atoms with Crippen LogP contribution in [0.1, 0.15) is 23.2 Å². The van der Waals surface area contributed by atoms with Gasteiger partial charge in [-0.15, -0.1) is 0 Å². The number of amides is 2. The highest BCUT2D eigenvalue weighted by atomic mass is 35.5. The zero-order valence-electron chi connectivity index (χ0n) is 16.7. The molecule has 2 amide bonds. The predicted molar refractivity (Wildman–Crippen MR) is 128 cm³/mol. The summed E-state index contributed by atoms with van der Waals surface area (Å²) in [6, 6.07) is 15.3. The van der Waals surface area contributed by atoms with E-state index in [1.54, 1.807) is 24.3 Å². The second-order valence-electron chi connectivity index (χ2n) is 6.70. The molecule has 0 heterocycles. The molecule has 7 nitrogen and oxygen atoms in total. The monoisotopic (exact) mass is 491 g/mol. The highest BCUT2D eigenvalue weighted by molar-refractivity contribution is 7.80. The maximum atomic E-state index is 12.4. The van der Waals surface area contributed by atoms with Crippen LogP contribution in [0.5, 0.6) is 11.5 Å². The van der Waals surface area contributed by atoms with Crippen LogP contribution in [0.4, 0.5) is 0 Å². The van der Waals surface area contributed by atoms with E-state index in [-0.39, 0.29) is 35.4 Å². The summed E-state index contributed by atoms with van der Waals surface area (Å²) in [6.07, 6.45) is 0.567. The van der Waals surface area contributed by atoms with Crippen molar-refractivity contribution in [2.75, 3.05) is 6.61 Å².